The monoisotopic (exact) mass is 454 g/mol. The molecule has 4 rings (SSSR count). The van der Waals surface area contributed by atoms with Crippen LogP contribution in [0.1, 0.15) is 45.4 Å². The molecule has 31 heavy (non-hydrogen) atoms. The van der Waals surface area contributed by atoms with E-state index in [-0.39, 0.29) is 17.4 Å². The van der Waals surface area contributed by atoms with Crippen molar-refractivity contribution in [1.29, 1.82) is 0 Å². The average molecular weight is 455 g/mol. The van der Waals surface area contributed by atoms with Crippen LogP contribution in [0.4, 0.5) is 13.2 Å². The molecule has 0 fully saturated rings. The zero-order chi connectivity index (χ0) is 22.0. The lowest BCUT2D eigenvalue weighted by Gasteiger charge is -2.06. The highest BCUT2D eigenvalue weighted by molar-refractivity contribution is 7.28. The van der Waals surface area contributed by atoms with Gasteiger partial charge in [0.2, 0.25) is 0 Å². The fraction of sp³-hybridized carbons (Fsp3) is 0.160. The standard InChI is InChI=1S/C25H17F3OS2/c1-2-3-4-17-12-24-25(30-17)13-18(31-24)7-5-15-6-8-19(21(26)9-15)16-10-22(27)20(14-29)23(28)11-16/h6,8-14H,2-4H2,1H3. The van der Waals surface area contributed by atoms with Crippen molar-refractivity contribution in [2.24, 2.45) is 0 Å². The van der Waals surface area contributed by atoms with Crippen LogP contribution in [0.2, 0.25) is 0 Å². The molecule has 0 saturated carbocycles. The van der Waals surface area contributed by atoms with Gasteiger partial charge in [0.25, 0.3) is 0 Å². The summed E-state index contributed by atoms with van der Waals surface area (Å²) in [4.78, 5) is 13.0. The molecule has 0 spiro atoms. The molecule has 0 aliphatic rings. The van der Waals surface area contributed by atoms with Gasteiger partial charge in [-0.3, -0.25) is 4.79 Å². The van der Waals surface area contributed by atoms with E-state index in [1.165, 1.54) is 39.3 Å². The first kappa shape index (κ1) is 21.4. The van der Waals surface area contributed by atoms with E-state index in [1.54, 1.807) is 28.7 Å². The summed E-state index contributed by atoms with van der Waals surface area (Å²) in [5.74, 6) is 3.33. The lowest BCUT2D eigenvalue weighted by atomic mass is 10.0. The number of unbranched alkanes of at least 4 members (excludes halogenated alkanes) is 1. The number of fused-ring (bicyclic) bond motifs is 1. The number of benzene rings is 2. The lowest BCUT2D eigenvalue weighted by Crippen LogP contribution is -1.96. The van der Waals surface area contributed by atoms with Crippen molar-refractivity contribution in [3.05, 3.63) is 80.8 Å². The van der Waals surface area contributed by atoms with Crippen LogP contribution in [0.5, 0.6) is 0 Å². The molecule has 0 aliphatic heterocycles. The van der Waals surface area contributed by atoms with Gasteiger partial charge in [0, 0.05) is 25.4 Å². The van der Waals surface area contributed by atoms with Crippen molar-refractivity contribution in [1.82, 2.24) is 0 Å². The molecule has 1 nitrogen and oxygen atoms in total. The Morgan fingerprint density at radius 2 is 1.65 bits per heavy atom. The molecule has 2 aromatic heterocycles. The van der Waals surface area contributed by atoms with E-state index in [4.69, 9.17) is 0 Å². The molecule has 4 aromatic rings. The molecule has 0 N–H and O–H groups in total. The zero-order valence-corrected chi connectivity index (χ0v) is 18.2. The van der Waals surface area contributed by atoms with Crippen LogP contribution < -0.4 is 0 Å². The Morgan fingerprint density at radius 3 is 2.29 bits per heavy atom. The highest BCUT2D eigenvalue weighted by atomic mass is 32.1. The van der Waals surface area contributed by atoms with Gasteiger partial charge in [-0.1, -0.05) is 31.3 Å². The van der Waals surface area contributed by atoms with Crippen molar-refractivity contribution in [2.75, 3.05) is 0 Å². The molecule has 0 atom stereocenters. The molecule has 2 heterocycles. The number of aldehydes is 1. The SMILES string of the molecule is CCCCc1cc2sc(C#Cc3ccc(-c4cc(F)c(C=O)c(F)c4)c(F)c3)cc2s1. The van der Waals surface area contributed by atoms with Gasteiger partial charge in [-0.2, -0.15) is 0 Å². The van der Waals surface area contributed by atoms with Crippen molar-refractivity contribution in [2.45, 2.75) is 26.2 Å². The minimum Gasteiger partial charge on any atom is -0.298 e. The van der Waals surface area contributed by atoms with E-state index in [1.807, 2.05) is 0 Å². The fourth-order valence-electron chi connectivity index (χ4n) is 3.23. The number of rotatable bonds is 5. The first-order valence-corrected chi connectivity index (χ1v) is 11.4. The molecule has 0 unspecified atom stereocenters. The Labute approximate surface area is 186 Å². The van der Waals surface area contributed by atoms with Crippen molar-refractivity contribution in [3.8, 4) is 23.0 Å². The van der Waals surface area contributed by atoms with Crippen LogP contribution in [-0.4, -0.2) is 6.29 Å². The normalized spacial score (nSPS) is 10.8. The molecule has 0 bridgehead atoms. The summed E-state index contributed by atoms with van der Waals surface area (Å²) in [6.45, 7) is 2.18. The van der Waals surface area contributed by atoms with Crippen LogP contribution in [0.15, 0.2) is 42.5 Å². The van der Waals surface area contributed by atoms with Gasteiger partial charge in [-0.15, -0.1) is 22.7 Å². The Bertz CT molecular complexity index is 1280. The molecule has 2 aromatic carbocycles. The van der Waals surface area contributed by atoms with Crippen LogP contribution >= 0.6 is 22.7 Å². The van der Waals surface area contributed by atoms with Crippen LogP contribution in [0, 0.1) is 29.3 Å². The minimum atomic E-state index is -1.02. The number of halogens is 3. The number of carbonyl (C=O) groups is 1. The van der Waals surface area contributed by atoms with Gasteiger partial charge in [0.1, 0.15) is 17.5 Å². The van der Waals surface area contributed by atoms with E-state index in [0.29, 0.717) is 5.56 Å². The van der Waals surface area contributed by atoms with Crippen molar-refractivity contribution in [3.63, 3.8) is 0 Å². The summed E-state index contributed by atoms with van der Waals surface area (Å²) in [7, 11) is 0. The quantitative estimate of drug-likeness (QED) is 0.224. The second-order valence-corrected chi connectivity index (χ2v) is 9.32. The summed E-state index contributed by atoms with van der Waals surface area (Å²) in [5.41, 5.74) is -0.140. The summed E-state index contributed by atoms with van der Waals surface area (Å²) >= 11 is 3.40. The number of thiophene rings is 2. The van der Waals surface area contributed by atoms with E-state index in [2.05, 4.69) is 30.9 Å². The predicted octanol–water partition coefficient (Wildman–Crippen LogP) is 7.60. The summed E-state index contributed by atoms with van der Waals surface area (Å²) < 4.78 is 44.7. The lowest BCUT2D eigenvalue weighted by molar-refractivity contribution is 0.111. The number of hydrogen-bond acceptors (Lipinski definition) is 3. The fourth-order valence-corrected chi connectivity index (χ4v) is 5.55. The molecule has 0 amide bonds. The van der Waals surface area contributed by atoms with Crippen LogP contribution in [-0.2, 0) is 6.42 Å². The summed E-state index contributed by atoms with van der Waals surface area (Å²) in [5, 5.41) is 0. The number of hydrogen-bond donors (Lipinski definition) is 0. The molecular formula is C25H17F3OS2. The second kappa shape index (κ2) is 9.09. The molecule has 156 valence electrons. The Balaban J connectivity index is 1.57. The van der Waals surface area contributed by atoms with Crippen LogP contribution in [0.3, 0.4) is 0 Å². The maximum absolute atomic E-state index is 14.6. The predicted molar refractivity (Wildman–Crippen MR) is 121 cm³/mol. The van der Waals surface area contributed by atoms with Crippen molar-refractivity contribution >= 4 is 38.4 Å². The maximum Gasteiger partial charge on any atom is 0.155 e. The average Bonchev–Trinajstić information content (AvgIpc) is 3.29. The Morgan fingerprint density at radius 1 is 0.903 bits per heavy atom. The van der Waals surface area contributed by atoms with Gasteiger partial charge in [-0.05, 0) is 54.8 Å². The Hall–Kier alpha value is -2.88. The molecular weight excluding hydrogens is 437 g/mol. The third-order valence-electron chi connectivity index (χ3n) is 4.84. The first-order valence-electron chi connectivity index (χ1n) is 9.77. The number of aryl methyl sites for hydroxylation is 1. The van der Waals surface area contributed by atoms with E-state index in [0.717, 1.165) is 23.4 Å². The highest BCUT2D eigenvalue weighted by Crippen LogP contribution is 2.33. The second-order valence-electron chi connectivity index (χ2n) is 7.07. The van der Waals surface area contributed by atoms with Gasteiger partial charge >= 0.3 is 0 Å². The van der Waals surface area contributed by atoms with Gasteiger partial charge in [0.05, 0.1) is 10.4 Å². The van der Waals surface area contributed by atoms with E-state index < -0.39 is 23.0 Å². The zero-order valence-electron chi connectivity index (χ0n) is 16.6. The highest BCUT2D eigenvalue weighted by Gasteiger charge is 2.14. The minimum absolute atomic E-state index is 0.0231. The van der Waals surface area contributed by atoms with E-state index >= 15 is 0 Å². The first-order chi connectivity index (χ1) is 15.0. The topological polar surface area (TPSA) is 17.1 Å². The van der Waals surface area contributed by atoms with E-state index in [9.17, 15) is 18.0 Å². The van der Waals surface area contributed by atoms with Gasteiger partial charge in [-0.25, -0.2) is 13.2 Å². The number of carbonyl (C=O) groups excluding carboxylic acids is 1. The molecule has 0 radical (unpaired) electrons. The van der Waals surface area contributed by atoms with Crippen molar-refractivity contribution < 1.29 is 18.0 Å². The largest absolute Gasteiger partial charge is 0.298 e. The van der Waals surface area contributed by atoms with Gasteiger partial charge in [0.15, 0.2) is 6.29 Å². The smallest absolute Gasteiger partial charge is 0.155 e. The third-order valence-corrected chi connectivity index (χ3v) is 7.11. The third kappa shape index (κ3) is 4.58. The van der Waals surface area contributed by atoms with Crippen LogP contribution in [0.25, 0.3) is 20.5 Å². The molecule has 6 heteroatoms. The maximum atomic E-state index is 14.6. The summed E-state index contributed by atoms with van der Waals surface area (Å²) in [6.07, 6.45) is 3.55. The Kier molecular flexibility index (Phi) is 6.26. The molecule has 0 saturated heterocycles. The van der Waals surface area contributed by atoms with Gasteiger partial charge < -0.3 is 0 Å². The molecule has 0 aliphatic carbocycles. The summed E-state index contributed by atoms with van der Waals surface area (Å²) in [6, 6.07) is 10.4.